The van der Waals surface area contributed by atoms with Crippen LogP contribution in [0.4, 0.5) is 21.9 Å². The second-order valence-electron chi connectivity index (χ2n) is 10.4. The van der Waals surface area contributed by atoms with Gasteiger partial charge in [-0.15, -0.1) is 0 Å². The minimum atomic E-state index is -0.971. The zero-order valence-electron chi connectivity index (χ0n) is 25.1. The van der Waals surface area contributed by atoms with Crippen LogP contribution in [-0.2, 0) is 14.4 Å². The normalized spacial score (nSPS) is 12.0. The Kier molecular flexibility index (Phi) is 12.1. The highest BCUT2D eigenvalue weighted by atomic mass is 16.5. The number of benzene rings is 3. The lowest BCUT2D eigenvalue weighted by molar-refractivity contribution is -0.138. The van der Waals surface area contributed by atoms with Crippen molar-refractivity contribution in [3.8, 4) is 5.75 Å². The molecule has 2 unspecified atom stereocenters. The molecule has 0 aliphatic carbocycles. The maximum Gasteiger partial charge on any atom is 0.319 e. The number of hydrogen-bond donors (Lipinski definition) is 3. The molecule has 3 aromatic rings. The number of carboxylic acid groups (broad SMARTS) is 1. The standard InChI is InChI=1S/C33H40N4O6/c1-5-23(2)18-19-37(30(38)21-34-33(42)35-26-13-11-12-25(20-26)24(3)32(40)41)28-16-9-10-17-29(28)43-22-31(39)36(4)27-14-7-6-8-15-27/h6-17,20,23-24H,5,18-19,21-22H2,1-4H3,(H,40,41)(H2,34,35,42). The van der Waals surface area contributed by atoms with E-state index in [9.17, 15) is 24.3 Å². The van der Waals surface area contributed by atoms with Gasteiger partial charge in [0.1, 0.15) is 5.75 Å². The van der Waals surface area contributed by atoms with Crippen LogP contribution < -0.4 is 25.2 Å². The van der Waals surface area contributed by atoms with E-state index in [1.807, 2.05) is 30.3 Å². The lowest BCUT2D eigenvalue weighted by Gasteiger charge is -2.27. The summed E-state index contributed by atoms with van der Waals surface area (Å²) in [6, 6.07) is 22.2. The van der Waals surface area contributed by atoms with Gasteiger partial charge in [-0.3, -0.25) is 14.4 Å². The molecule has 43 heavy (non-hydrogen) atoms. The molecule has 0 aliphatic heterocycles. The first-order chi connectivity index (χ1) is 20.6. The van der Waals surface area contributed by atoms with Crippen molar-refractivity contribution in [2.75, 3.05) is 41.9 Å². The maximum absolute atomic E-state index is 13.5. The van der Waals surface area contributed by atoms with Crippen LogP contribution in [0.5, 0.6) is 5.75 Å². The molecule has 0 spiro atoms. The van der Waals surface area contributed by atoms with Crippen LogP contribution in [0.3, 0.4) is 0 Å². The first-order valence-corrected chi connectivity index (χ1v) is 14.3. The van der Waals surface area contributed by atoms with Crippen LogP contribution >= 0.6 is 0 Å². The van der Waals surface area contributed by atoms with E-state index < -0.39 is 17.9 Å². The van der Waals surface area contributed by atoms with Crippen molar-refractivity contribution >= 4 is 40.9 Å². The molecule has 0 heterocycles. The smallest absolute Gasteiger partial charge is 0.319 e. The highest BCUT2D eigenvalue weighted by molar-refractivity contribution is 5.99. The Labute approximate surface area is 252 Å². The summed E-state index contributed by atoms with van der Waals surface area (Å²) in [6.45, 7) is 5.63. The Bertz CT molecular complexity index is 1400. The SMILES string of the molecule is CCC(C)CCN(C(=O)CNC(=O)Nc1cccc(C(C)C(=O)O)c1)c1ccccc1OCC(=O)N(C)c1ccccc1. The van der Waals surface area contributed by atoms with Crippen LogP contribution in [0, 0.1) is 5.92 Å². The van der Waals surface area contributed by atoms with E-state index in [0.29, 0.717) is 35.2 Å². The van der Waals surface area contributed by atoms with Crippen LogP contribution in [0.2, 0.25) is 0 Å². The van der Waals surface area contributed by atoms with Crippen molar-refractivity contribution in [2.24, 2.45) is 5.92 Å². The van der Waals surface area contributed by atoms with E-state index in [1.54, 1.807) is 67.4 Å². The van der Waals surface area contributed by atoms with E-state index in [0.717, 1.165) is 18.5 Å². The third kappa shape index (κ3) is 9.59. The van der Waals surface area contributed by atoms with Gasteiger partial charge >= 0.3 is 12.0 Å². The Morgan fingerprint density at radius 1 is 0.907 bits per heavy atom. The number of para-hydroxylation sites is 3. The van der Waals surface area contributed by atoms with Gasteiger partial charge in [0.05, 0.1) is 18.2 Å². The summed E-state index contributed by atoms with van der Waals surface area (Å²) < 4.78 is 5.93. The zero-order chi connectivity index (χ0) is 31.4. The van der Waals surface area contributed by atoms with Crippen molar-refractivity contribution in [2.45, 2.75) is 39.5 Å². The molecular formula is C33H40N4O6. The van der Waals surface area contributed by atoms with Gasteiger partial charge in [-0.2, -0.15) is 0 Å². The summed E-state index contributed by atoms with van der Waals surface area (Å²) in [5, 5.41) is 14.5. The zero-order valence-corrected chi connectivity index (χ0v) is 25.1. The molecule has 0 aromatic heterocycles. The van der Waals surface area contributed by atoms with Gasteiger partial charge in [0.15, 0.2) is 6.61 Å². The van der Waals surface area contributed by atoms with E-state index in [2.05, 4.69) is 24.5 Å². The molecule has 3 N–H and O–H groups in total. The summed E-state index contributed by atoms with van der Waals surface area (Å²) in [4.78, 5) is 53.4. The Morgan fingerprint density at radius 3 is 2.30 bits per heavy atom. The molecule has 228 valence electrons. The first kappa shape index (κ1) is 32.7. The average molecular weight is 589 g/mol. The molecule has 0 fully saturated rings. The van der Waals surface area contributed by atoms with Gasteiger partial charge in [-0.1, -0.05) is 62.7 Å². The fourth-order valence-corrected chi connectivity index (χ4v) is 4.22. The van der Waals surface area contributed by atoms with Gasteiger partial charge in [-0.25, -0.2) is 4.79 Å². The van der Waals surface area contributed by atoms with Gasteiger partial charge < -0.3 is 30.3 Å². The van der Waals surface area contributed by atoms with Crippen molar-refractivity contribution in [1.29, 1.82) is 0 Å². The number of aliphatic carboxylic acids is 1. The number of anilines is 3. The number of nitrogens with one attached hydrogen (secondary N) is 2. The predicted molar refractivity (Wildman–Crippen MR) is 168 cm³/mol. The van der Waals surface area contributed by atoms with E-state index in [1.165, 1.54) is 4.90 Å². The third-order valence-corrected chi connectivity index (χ3v) is 7.28. The highest BCUT2D eigenvalue weighted by Gasteiger charge is 2.22. The topological polar surface area (TPSA) is 128 Å². The number of likely N-dealkylation sites (N-methyl/N-ethyl adjacent to an activating group) is 1. The average Bonchev–Trinajstić information content (AvgIpc) is 3.02. The summed E-state index contributed by atoms with van der Waals surface area (Å²) in [6.07, 6.45) is 1.67. The molecule has 0 saturated carbocycles. The molecule has 10 nitrogen and oxygen atoms in total. The second kappa shape index (κ2) is 16.0. The molecule has 3 rings (SSSR count). The molecule has 0 radical (unpaired) electrons. The molecule has 0 aliphatic rings. The number of rotatable bonds is 14. The minimum Gasteiger partial charge on any atom is -0.482 e. The Balaban J connectivity index is 1.70. The van der Waals surface area contributed by atoms with Gasteiger partial charge in [0.2, 0.25) is 5.91 Å². The summed E-state index contributed by atoms with van der Waals surface area (Å²) in [5.74, 6) is -1.57. The van der Waals surface area contributed by atoms with E-state index in [-0.39, 0.29) is 25.0 Å². The molecule has 10 heteroatoms. The Hall–Kier alpha value is -4.86. The molecule has 4 amide bonds. The Morgan fingerprint density at radius 2 is 1.60 bits per heavy atom. The van der Waals surface area contributed by atoms with E-state index in [4.69, 9.17) is 4.74 Å². The first-order valence-electron chi connectivity index (χ1n) is 14.3. The second-order valence-corrected chi connectivity index (χ2v) is 10.4. The van der Waals surface area contributed by atoms with Crippen LogP contribution in [0.15, 0.2) is 78.9 Å². The van der Waals surface area contributed by atoms with Gasteiger partial charge in [-0.05, 0) is 61.2 Å². The van der Waals surface area contributed by atoms with Gasteiger partial charge in [0, 0.05) is 25.0 Å². The highest BCUT2D eigenvalue weighted by Crippen LogP contribution is 2.29. The number of ether oxygens (including phenoxy) is 1. The largest absolute Gasteiger partial charge is 0.482 e. The van der Waals surface area contributed by atoms with Crippen molar-refractivity contribution in [3.05, 3.63) is 84.4 Å². The quantitative estimate of drug-likeness (QED) is 0.228. The number of carboxylic acids is 1. The van der Waals surface area contributed by atoms with Crippen LogP contribution in [0.1, 0.15) is 45.1 Å². The third-order valence-electron chi connectivity index (χ3n) is 7.28. The molecule has 0 saturated heterocycles. The molecule has 2 atom stereocenters. The predicted octanol–water partition coefficient (Wildman–Crippen LogP) is 5.51. The van der Waals surface area contributed by atoms with E-state index >= 15 is 0 Å². The van der Waals surface area contributed by atoms with Crippen molar-refractivity contribution < 1.29 is 29.0 Å². The number of nitrogens with zero attached hydrogens (tertiary/aromatic N) is 2. The summed E-state index contributed by atoms with van der Waals surface area (Å²) in [7, 11) is 1.68. The molecule has 0 bridgehead atoms. The number of carbonyl (C=O) groups excluding carboxylic acids is 3. The minimum absolute atomic E-state index is 0.226. The van der Waals surface area contributed by atoms with Crippen LogP contribution in [-0.4, -0.2) is 55.7 Å². The van der Waals surface area contributed by atoms with Crippen molar-refractivity contribution in [3.63, 3.8) is 0 Å². The number of amides is 4. The lowest BCUT2D eigenvalue weighted by atomic mass is 10.0. The van der Waals surface area contributed by atoms with Crippen molar-refractivity contribution in [1.82, 2.24) is 5.32 Å². The lowest BCUT2D eigenvalue weighted by Crippen LogP contribution is -2.42. The fourth-order valence-electron chi connectivity index (χ4n) is 4.22. The fraction of sp³-hybridized carbons (Fsp3) is 0.333. The maximum atomic E-state index is 13.5. The molecular weight excluding hydrogens is 548 g/mol. The molecule has 3 aromatic carbocycles. The van der Waals surface area contributed by atoms with Crippen LogP contribution in [0.25, 0.3) is 0 Å². The number of carbonyl (C=O) groups is 4. The monoisotopic (exact) mass is 588 g/mol. The number of urea groups is 1. The summed E-state index contributed by atoms with van der Waals surface area (Å²) in [5.41, 5.74) is 2.20. The summed E-state index contributed by atoms with van der Waals surface area (Å²) >= 11 is 0. The number of hydrogen-bond acceptors (Lipinski definition) is 5. The van der Waals surface area contributed by atoms with Gasteiger partial charge in [0.25, 0.3) is 5.91 Å².